The van der Waals surface area contributed by atoms with Crippen LogP contribution in [0.15, 0.2) is 44.2 Å². The van der Waals surface area contributed by atoms with Crippen LogP contribution in [-0.4, -0.2) is 20.4 Å². The molecular weight excluding hydrogens is 484 g/mol. The molecule has 5 nitrogen and oxygen atoms in total. The molecule has 0 bridgehead atoms. The van der Waals surface area contributed by atoms with E-state index in [-0.39, 0.29) is 16.8 Å². The number of halogens is 2. The van der Waals surface area contributed by atoms with E-state index in [4.69, 9.17) is 0 Å². The highest BCUT2D eigenvalue weighted by atomic mass is 79.9. The molecule has 0 spiro atoms. The number of benzene rings is 2. The van der Waals surface area contributed by atoms with E-state index in [0.29, 0.717) is 26.7 Å². The molecule has 1 amide bonds. The molecule has 2 aromatic carbocycles. The number of hydrogen-bond donors (Lipinski definition) is 1. The van der Waals surface area contributed by atoms with Crippen molar-refractivity contribution >= 4 is 59.2 Å². The molecule has 0 unspecified atom stereocenters. The molecule has 3 rings (SSSR count). The van der Waals surface area contributed by atoms with E-state index in [2.05, 4.69) is 36.6 Å². The first-order valence-electron chi connectivity index (χ1n) is 8.01. The molecule has 8 heteroatoms. The number of nitrogens with one attached hydrogen (secondary N) is 1. The summed E-state index contributed by atoms with van der Waals surface area (Å²) in [5, 5.41) is 0. The summed E-state index contributed by atoms with van der Waals surface area (Å²) in [5.41, 5.74) is 2.76. The standard InChI is InChI=1S/C18H18Br2N2O3S/c1-10-4-5-16(15(20)6-10)21-26(24,25)17-9-14(19)8-13-7-11(2)22(12(3)23)18(13)17/h4-6,8-9,11,21H,7H2,1-3H3/t11-/m1/s1. The first-order valence-corrected chi connectivity index (χ1v) is 11.1. The number of anilines is 2. The average Bonchev–Trinajstić information content (AvgIpc) is 2.84. The minimum atomic E-state index is -3.89. The first-order chi connectivity index (χ1) is 12.1. The Bertz CT molecular complexity index is 1010. The SMILES string of the molecule is CC(=O)N1c2c(cc(Br)cc2S(=O)(=O)Nc2ccc(C)cc2Br)C[C@H]1C. The Labute approximate surface area is 170 Å². The maximum Gasteiger partial charge on any atom is 0.264 e. The summed E-state index contributed by atoms with van der Waals surface area (Å²) in [6.45, 7) is 5.29. The third-order valence-electron chi connectivity index (χ3n) is 4.31. The lowest BCUT2D eigenvalue weighted by atomic mass is 10.1. The highest BCUT2D eigenvalue weighted by Gasteiger charge is 2.35. The van der Waals surface area contributed by atoms with Crippen molar-refractivity contribution in [1.29, 1.82) is 0 Å². The van der Waals surface area contributed by atoms with Gasteiger partial charge < -0.3 is 4.90 Å². The molecule has 0 aromatic heterocycles. The molecule has 0 saturated carbocycles. The molecule has 1 heterocycles. The van der Waals surface area contributed by atoms with E-state index < -0.39 is 10.0 Å². The van der Waals surface area contributed by atoms with Gasteiger partial charge in [0.15, 0.2) is 0 Å². The number of aryl methyl sites for hydroxylation is 1. The predicted octanol–water partition coefficient (Wildman–Crippen LogP) is 4.62. The van der Waals surface area contributed by atoms with Crippen molar-refractivity contribution in [2.24, 2.45) is 0 Å². The number of fused-ring (bicyclic) bond motifs is 1. The van der Waals surface area contributed by atoms with Crippen molar-refractivity contribution in [3.8, 4) is 0 Å². The topological polar surface area (TPSA) is 66.5 Å². The summed E-state index contributed by atoms with van der Waals surface area (Å²) in [6.07, 6.45) is 0.616. The van der Waals surface area contributed by atoms with Crippen molar-refractivity contribution in [3.63, 3.8) is 0 Å². The number of amides is 1. The first kappa shape index (κ1) is 19.4. The Balaban J connectivity index is 2.13. The summed E-state index contributed by atoms with van der Waals surface area (Å²) in [7, 11) is -3.89. The fourth-order valence-electron chi connectivity index (χ4n) is 3.26. The van der Waals surface area contributed by atoms with Gasteiger partial charge >= 0.3 is 0 Å². The number of nitrogens with zero attached hydrogens (tertiary/aromatic N) is 1. The van der Waals surface area contributed by atoms with Gasteiger partial charge in [0.1, 0.15) is 4.90 Å². The second-order valence-corrected chi connectivity index (χ2v) is 9.86. The van der Waals surface area contributed by atoms with Gasteiger partial charge in [0.2, 0.25) is 5.91 Å². The minimum absolute atomic E-state index is 0.0862. The van der Waals surface area contributed by atoms with Crippen molar-refractivity contribution < 1.29 is 13.2 Å². The van der Waals surface area contributed by atoms with Crippen LogP contribution in [0, 0.1) is 6.92 Å². The molecule has 0 aliphatic carbocycles. The summed E-state index contributed by atoms with van der Waals surface area (Å²) in [6, 6.07) is 8.70. The van der Waals surface area contributed by atoms with Gasteiger partial charge in [-0.3, -0.25) is 9.52 Å². The molecule has 1 aliphatic rings. The summed E-state index contributed by atoms with van der Waals surface area (Å²) >= 11 is 6.78. The number of sulfonamides is 1. The second kappa shape index (κ2) is 6.98. The van der Waals surface area contributed by atoms with Crippen LogP contribution in [0.25, 0.3) is 0 Å². The van der Waals surface area contributed by atoms with Crippen LogP contribution in [0.3, 0.4) is 0 Å². The molecule has 0 radical (unpaired) electrons. The maximum atomic E-state index is 13.1. The Morgan fingerprint density at radius 2 is 1.92 bits per heavy atom. The van der Waals surface area contributed by atoms with Crippen LogP contribution in [0.1, 0.15) is 25.0 Å². The van der Waals surface area contributed by atoms with Gasteiger partial charge in [-0.2, -0.15) is 0 Å². The van der Waals surface area contributed by atoms with Crippen molar-refractivity contribution in [2.75, 3.05) is 9.62 Å². The number of hydrogen-bond acceptors (Lipinski definition) is 3. The van der Waals surface area contributed by atoms with Crippen LogP contribution in [-0.2, 0) is 21.2 Å². The van der Waals surface area contributed by atoms with Gasteiger partial charge in [-0.15, -0.1) is 0 Å². The maximum absolute atomic E-state index is 13.1. The van der Waals surface area contributed by atoms with Crippen LogP contribution < -0.4 is 9.62 Å². The lowest BCUT2D eigenvalue weighted by molar-refractivity contribution is -0.116. The molecular formula is C18H18Br2N2O3S. The Morgan fingerprint density at radius 1 is 1.23 bits per heavy atom. The van der Waals surface area contributed by atoms with E-state index in [1.54, 1.807) is 11.0 Å². The number of rotatable bonds is 3. The molecule has 1 atom stereocenters. The second-order valence-electron chi connectivity index (χ2n) is 6.44. The molecule has 26 heavy (non-hydrogen) atoms. The lowest BCUT2D eigenvalue weighted by Crippen LogP contribution is -2.34. The molecule has 1 N–H and O–H groups in total. The fraction of sp³-hybridized carbons (Fsp3) is 0.278. The molecule has 1 aliphatic heterocycles. The van der Waals surface area contributed by atoms with Gasteiger partial charge in [0, 0.05) is 21.9 Å². The van der Waals surface area contributed by atoms with Crippen LogP contribution >= 0.6 is 31.9 Å². The zero-order valence-corrected chi connectivity index (χ0v) is 18.5. The Morgan fingerprint density at radius 3 is 2.54 bits per heavy atom. The van der Waals surface area contributed by atoms with E-state index in [1.807, 2.05) is 32.0 Å². The van der Waals surface area contributed by atoms with Gasteiger partial charge in [-0.1, -0.05) is 22.0 Å². The zero-order valence-electron chi connectivity index (χ0n) is 14.5. The number of carbonyl (C=O) groups is 1. The summed E-state index contributed by atoms with van der Waals surface area (Å²) < 4.78 is 30.2. The minimum Gasteiger partial charge on any atom is -0.308 e. The third-order valence-corrected chi connectivity index (χ3v) is 6.81. The third kappa shape index (κ3) is 3.54. The summed E-state index contributed by atoms with van der Waals surface area (Å²) in [4.78, 5) is 13.8. The predicted molar refractivity (Wildman–Crippen MR) is 110 cm³/mol. The molecule has 138 valence electrons. The van der Waals surface area contributed by atoms with Crippen molar-refractivity contribution in [1.82, 2.24) is 0 Å². The molecule has 0 saturated heterocycles. The van der Waals surface area contributed by atoms with Gasteiger partial charge in [-0.25, -0.2) is 8.42 Å². The van der Waals surface area contributed by atoms with E-state index in [0.717, 1.165) is 11.1 Å². The van der Waals surface area contributed by atoms with Crippen molar-refractivity contribution in [2.45, 2.75) is 38.1 Å². The highest BCUT2D eigenvalue weighted by molar-refractivity contribution is 9.10. The Kier molecular flexibility index (Phi) is 5.20. The van der Waals surface area contributed by atoms with Gasteiger partial charge in [-0.05, 0) is 71.6 Å². The molecule has 0 fully saturated rings. The van der Waals surface area contributed by atoms with E-state index >= 15 is 0 Å². The van der Waals surface area contributed by atoms with Crippen LogP contribution in [0.5, 0.6) is 0 Å². The van der Waals surface area contributed by atoms with E-state index in [9.17, 15) is 13.2 Å². The molecule has 2 aromatic rings. The zero-order chi connectivity index (χ0) is 19.2. The van der Waals surface area contributed by atoms with Gasteiger partial charge in [0.25, 0.3) is 10.0 Å². The van der Waals surface area contributed by atoms with Crippen LogP contribution in [0.4, 0.5) is 11.4 Å². The quantitative estimate of drug-likeness (QED) is 0.667. The normalized spacial score (nSPS) is 16.5. The van der Waals surface area contributed by atoms with E-state index in [1.165, 1.54) is 13.0 Å². The summed E-state index contributed by atoms with van der Waals surface area (Å²) in [5.74, 6) is -0.175. The monoisotopic (exact) mass is 500 g/mol. The van der Waals surface area contributed by atoms with Gasteiger partial charge in [0.05, 0.1) is 11.4 Å². The average molecular weight is 502 g/mol. The highest BCUT2D eigenvalue weighted by Crippen LogP contribution is 2.41. The number of carbonyl (C=O) groups excluding carboxylic acids is 1. The smallest absolute Gasteiger partial charge is 0.264 e. The lowest BCUT2D eigenvalue weighted by Gasteiger charge is -2.23. The largest absolute Gasteiger partial charge is 0.308 e. The Hall–Kier alpha value is -1.38. The van der Waals surface area contributed by atoms with Crippen LogP contribution in [0.2, 0.25) is 0 Å². The fourth-order valence-corrected chi connectivity index (χ4v) is 5.99. The van der Waals surface area contributed by atoms with Crippen molar-refractivity contribution in [3.05, 3.63) is 50.4 Å².